The molecule has 1 aromatic carbocycles. The van der Waals surface area contributed by atoms with E-state index in [4.69, 9.17) is 20.8 Å². The van der Waals surface area contributed by atoms with Crippen molar-refractivity contribution < 1.29 is 13.9 Å². The van der Waals surface area contributed by atoms with E-state index in [2.05, 4.69) is 15.5 Å². The molecule has 0 radical (unpaired) electrons. The monoisotopic (exact) mass is 393 g/mol. The van der Waals surface area contributed by atoms with Gasteiger partial charge in [0.15, 0.2) is 0 Å². The van der Waals surface area contributed by atoms with Crippen molar-refractivity contribution in [3.8, 4) is 17.2 Å². The van der Waals surface area contributed by atoms with Crippen LogP contribution in [0.25, 0.3) is 11.5 Å². The Morgan fingerprint density at radius 2 is 2.27 bits per heavy atom. The molecule has 3 atom stereocenters. The van der Waals surface area contributed by atoms with Gasteiger partial charge in [0.2, 0.25) is 5.91 Å². The Kier molecular flexibility index (Phi) is 5.09. The lowest BCUT2D eigenvalue weighted by Gasteiger charge is -2.22. The first-order valence-corrected chi connectivity index (χ1v) is 10.1. The van der Waals surface area contributed by atoms with Crippen molar-refractivity contribution in [3.63, 3.8) is 0 Å². The van der Waals surface area contributed by atoms with E-state index < -0.39 is 0 Å². The van der Waals surface area contributed by atoms with Gasteiger partial charge in [-0.3, -0.25) is 4.79 Å². The minimum absolute atomic E-state index is 0.0210. The molecule has 0 spiro atoms. The lowest BCUT2D eigenvalue weighted by atomic mass is 9.95. The predicted octanol–water partition coefficient (Wildman–Crippen LogP) is 3.80. The third-order valence-corrected chi connectivity index (χ3v) is 6.26. The number of hydrogen-bond donors (Lipinski definition) is 1. The highest BCUT2D eigenvalue weighted by atomic mass is 35.5. The van der Waals surface area contributed by atoms with Gasteiger partial charge in [-0.1, -0.05) is 29.8 Å². The molecule has 2 bridgehead atoms. The maximum absolute atomic E-state index is 12.2. The number of carbonyl (C=O) groups is 1. The van der Waals surface area contributed by atoms with Gasteiger partial charge in [0, 0.05) is 11.1 Å². The van der Waals surface area contributed by atoms with E-state index in [9.17, 15) is 4.79 Å². The highest BCUT2D eigenvalue weighted by molar-refractivity contribution is 7.99. The normalized spacial score (nSPS) is 24.0. The maximum Gasteiger partial charge on any atom is 0.277 e. The molecular formula is C18H20ClN3O3S. The fraction of sp³-hybridized carbons (Fsp3) is 0.500. The van der Waals surface area contributed by atoms with Crippen molar-refractivity contribution in [2.75, 3.05) is 12.9 Å². The third-order valence-electron chi connectivity index (χ3n) is 5.21. The minimum Gasteiger partial charge on any atom is -0.496 e. The van der Waals surface area contributed by atoms with Gasteiger partial charge in [0.25, 0.3) is 11.1 Å². The molecule has 0 unspecified atom stereocenters. The number of benzene rings is 1. The molecule has 138 valence electrons. The number of rotatable bonds is 6. The van der Waals surface area contributed by atoms with Crippen LogP contribution in [0.3, 0.4) is 0 Å². The molecular weight excluding hydrogens is 374 g/mol. The van der Waals surface area contributed by atoms with Crippen molar-refractivity contribution in [1.82, 2.24) is 15.5 Å². The summed E-state index contributed by atoms with van der Waals surface area (Å²) < 4.78 is 11.0. The number of ether oxygens (including phenoxy) is 1. The maximum atomic E-state index is 12.2. The number of aromatic nitrogens is 2. The Balaban J connectivity index is 1.35. The van der Waals surface area contributed by atoms with Crippen LogP contribution >= 0.6 is 23.4 Å². The number of hydrogen-bond acceptors (Lipinski definition) is 6. The van der Waals surface area contributed by atoms with Crippen LogP contribution in [-0.4, -0.2) is 35.0 Å². The second-order valence-corrected chi connectivity index (χ2v) is 8.22. The topological polar surface area (TPSA) is 77.2 Å². The summed E-state index contributed by atoms with van der Waals surface area (Å²) in [7, 11) is 1.57. The first-order valence-electron chi connectivity index (χ1n) is 8.72. The Hall–Kier alpha value is -1.73. The van der Waals surface area contributed by atoms with Gasteiger partial charge < -0.3 is 14.5 Å². The fourth-order valence-corrected chi connectivity index (χ4v) is 4.77. The summed E-state index contributed by atoms with van der Waals surface area (Å²) >= 11 is 7.28. The molecule has 6 nitrogen and oxygen atoms in total. The van der Waals surface area contributed by atoms with Crippen LogP contribution in [0.5, 0.6) is 5.75 Å². The quantitative estimate of drug-likeness (QED) is 0.752. The summed E-state index contributed by atoms with van der Waals surface area (Å²) in [5, 5.41) is 12.1. The first-order chi connectivity index (χ1) is 12.6. The molecule has 2 aromatic rings. The predicted molar refractivity (Wildman–Crippen MR) is 99.4 cm³/mol. The first kappa shape index (κ1) is 17.7. The van der Waals surface area contributed by atoms with Crippen LogP contribution < -0.4 is 10.1 Å². The highest BCUT2D eigenvalue weighted by Crippen LogP contribution is 2.44. The van der Waals surface area contributed by atoms with E-state index in [1.54, 1.807) is 25.3 Å². The van der Waals surface area contributed by atoms with E-state index in [0.29, 0.717) is 39.4 Å². The van der Waals surface area contributed by atoms with E-state index in [1.807, 2.05) is 0 Å². The largest absolute Gasteiger partial charge is 0.496 e. The number of carbonyl (C=O) groups excluding carboxylic acids is 1. The number of amides is 1. The molecule has 2 saturated carbocycles. The van der Waals surface area contributed by atoms with Crippen molar-refractivity contribution in [2.45, 2.75) is 36.9 Å². The highest BCUT2D eigenvalue weighted by Gasteiger charge is 2.40. The Labute approximate surface area is 161 Å². The van der Waals surface area contributed by atoms with Crippen molar-refractivity contribution in [1.29, 1.82) is 0 Å². The number of nitrogens with one attached hydrogen (secondary N) is 1. The van der Waals surface area contributed by atoms with E-state index in [-0.39, 0.29) is 11.7 Å². The van der Waals surface area contributed by atoms with Gasteiger partial charge in [-0.05, 0) is 49.3 Å². The van der Waals surface area contributed by atoms with Crippen LogP contribution in [0, 0.1) is 11.8 Å². The van der Waals surface area contributed by atoms with Crippen LogP contribution in [0.2, 0.25) is 5.02 Å². The van der Waals surface area contributed by atoms with Crippen LogP contribution in [0.15, 0.2) is 27.8 Å². The zero-order valence-corrected chi connectivity index (χ0v) is 16.0. The molecule has 2 fully saturated rings. The van der Waals surface area contributed by atoms with Crippen LogP contribution in [-0.2, 0) is 4.79 Å². The van der Waals surface area contributed by atoms with E-state index in [1.165, 1.54) is 31.0 Å². The smallest absolute Gasteiger partial charge is 0.277 e. The lowest BCUT2D eigenvalue weighted by molar-refractivity contribution is -0.119. The van der Waals surface area contributed by atoms with E-state index in [0.717, 1.165) is 12.3 Å². The Morgan fingerprint density at radius 3 is 3.00 bits per heavy atom. The number of nitrogens with zero attached hydrogens (tertiary/aromatic N) is 2. The molecule has 0 aliphatic heterocycles. The number of halogens is 1. The summed E-state index contributed by atoms with van der Waals surface area (Å²) in [4.78, 5) is 12.2. The van der Waals surface area contributed by atoms with Gasteiger partial charge in [-0.15, -0.1) is 10.2 Å². The standard InChI is InChI=1S/C18H20ClN3O3S/c1-24-15-5-4-12(19)8-13(15)17-21-22-18(25-17)26-9-16(23)20-14-7-10-2-3-11(14)6-10/h4-5,8,10-11,14H,2-3,6-7,9H2,1H3,(H,20,23)/t10-,11+,14+/m0/s1. The third kappa shape index (κ3) is 3.69. The minimum atomic E-state index is 0.0210. The summed E-state index contributed by atoms with van der Waals surface area (Å²) in [6.45, 7) is 0. The Morgan fingerprint density at radius 1 is 1.38 bits per heavy atom. The zero-order valence-electron chi connectivity index (χ0n) is 14.4. The van der Waals surface area contributed by atoms with Crippen LogP contribution in [0.4, 0.5) is 0 Å². The molecule has 1 N–H and O–H groups in total. The summed E-state index contributed by atoms with van der Waals surface area (Å²) in [5.74, 6) is 2.68. The van der Waals surface area contributed by atoms with Gasteiger partial charge in [0.1, 0.15) is 5.75 Å². The number of methoxy groups -OCH3 is 1. The molecule has 4 rings (SSSR count). The molecule has 2 aliphatic carbocycles. The average Bonchev–Trinajstić information content (AvgIpc) is 3.37. The fourth-order valence-electron chi connectivity index (χ4n) is 4.02. The average molecular weight is 394 g/mol. The second kappa shape index (κ2) is 7.48. The molecule has 1 amide bonds. The molecule has 1 heterocycles. The summed E-state index contributed by atoms with van der Waals surface area (Å²) in [5.41, 5.74) is 0.630. The van der Waals surface area contributed by atoms with Crippen LogP contribution in [0.1, 0.15) is 25.7 Å². The Bertz CT molecular complexity index is 813. The number of thioether (sulfide) groups is 1. The summed E-state index contributed by atoms with van der Waals surface area (Å²) in [6.07, 6.45) is 4.97. The van der Waals surface area contributed by atoms with E-state index >= 15 is 0 Å². The second-order valence-electron chi connectivity index (χ2n) is 6.86. The molecule has 26 heavy (non-hydrogen) atoms. The summed E-state index contributed by atoms with van der Waals surface area (Å²) in [6, 6.07) is 5.54. The molecule has 2 aliphatic rings. The van der Waals surface area contributed by atoms with Gasteiger partial charge >= 0.3 is 0 Å². The molecule has 1 aromatic heterocycles. The van der Waals surface area contributed by atoms with Crippen molar-refractivity contribution >= 4 is 29.3 Å². The molecule has 0 saturated heterocycles. The zero-order chi connectivity index (χ0) is 18.1. The SMILES string of the molecule is COc1ccc(Cl)cc1-c1nnc(SCC(=O)N[C@@H]2C[C@H]3CC[C@@H]2C3)o1. The lowest BCUT2D eigenvalue weighted by Crippen LogP contribution is -2.39. The van der Waals surface area contributed by atoms with Gasteiger partial charge in [-0.2, -0.15) is 0 Å². The van der Waals surface area contributed by atoms with Gasteiger partial charge in [0.05, 0.1) is 18.4 Å². The van der Waals surface area contributed by atoms with Crippen molar-refractivity contribution in [3.05, 3.63) is 23.2 Å². The van der Waals surface area contributed by atoms with Gasteiger partial charge in [-0.25, -0.2) is 0 Å². The van der Waals surface area contributed by atoms with Crippen molar-refractivity contribution in [2.24, 2.45) is 11.8 Å². The molecule has 8 heteroatoms. The number of fused-ring (bicyclic) bond motifs is 2.